The molecule has 2 aromatic heterocycles. The van der Waals surface area contributed by atoms with Gasteiger partial charge in [-0.1, -0.05) is 18.2 Å². The monoisotopic (exact) mass is 390 g/mol. The number of allylic oxidation sites excluding steroid dienone is 1. The van der Waals surface area contributed by atoms with Gasteiger partial charge in [-0.2, -0.15) is 9.97 Å². The molecule has 0 aliphatic rings. The molecule has 0 unspecified atom stereocenters. The molecule has 0 amide bonds. The standard InChI is InChI=1S/C21H22N6O2/c1-23-10-9-17(22)14-5-4-6-15(13-14)18-19(28-2)20(27-21(26-18)29-3)25-16-7-11-24-12-8-16/h4-13H,22H2,1-3H3,(H,24,25,26,27). The van der Waals surface area contributed by atoms with Gasteiger partial charge in [-0.25, -0.2) is 0 Å². The molecule has 0 spiro atoms. The third-order valence-corrected chi connectivity index (χ3v) is 4.05. The summed E-state index contributed by atoms with van der Waals surface area (Å²) in [5.41, 5.74) is 9.77. The Labute approximate surface area is 169 Å². The van der Waals surface area contributed by atoms with E-state index in [2.05, 4.69) is 25.3 Å². The highest BCUT2D eigenvalue weighted by atomic mass is 16.5. The van der Waals surface area contributed by atoms with Gasteiger partial charge in [0.2, 0.25) is 0 Å². The minimum absolute atomic E-state index is 0.212. The van der Waals surface area contributed by atoms with Gasteiger partial charge >= 0.3 is 6.01 Å². The number of hydrogen-bond donors (Lipinski definition) is 2. The van der Waals surface area contributed by atoms with Crippen LogP contribution in [0.25, 0.3) is 17.0 Å². The van der Waals surface area contributed by atoms with E-state index in [-0.39, 0.29) is 6.01 Å². The van der Waals surface area contributed by atoms with E-state index in [1.165, 1.54) is 7.11 Å². The maximum absolute atomic E-state index is 6.15. The molecule has 0 aliphatic carbocycles. The first-order valence-corrected chi connectivity index (χ1v) is 8.82. The van der Waals surface area contributed by atoms with E-state index in [0.29, 0.717) is 23.0 Å². The molecule has 8 nitrogen and oxygen atoms in total. The first-order chi connectivity index (χ1) is 14.2. The Kier molecular flexibility index (Phi) is 6.36. The molecule has 1 aromatic carbocycles. The Bertz CT molecular complexity index is 1030. The van der Waals surface area contributed by atoms with Crippen LogP contribution in [-0.2, 0) is 0 Å². The zero-order valence-corrected chi connectivity index (χ0v) is 16.5. The smallest absolute Gasteiger partial charge is 0.318 e. The summed E-state index contributed by atoms with van der Waals surface area (Å²) in [5, 5.41) is 3.22. The van der Waals surface area contributed by atoms with Gasteiger partial charge in [0, 0.05) is 42.6 Å². The van der Waals surface area contributed by atoms with E-state index < -0.39 is 0 Å². The van der Waals surface area contributed by atoms with Gasteiger partial charge in [-0.3, -0.25) is 9.98 Å². The van der Waals surface area contributed by atoms with Gasteiger partial charge in [0.25, 0.3) is 0 Å². The normalized spacial score (nSPS) is 11.5. The van der Waals surface area contributed by atoms with Crippen molar-refractivity contribution >= 4 is 23.4 Å². The van der Waals surface area contributed by atoms with Gasteiger partial charge in [0.1, 0.15) is 5.69 Å². The summed E-state index contributed by atoms with van der Waals surface area (Å²) < 4.78 is 10.9. The molecular weight excluding hydrogens is 368 g/mol. The van der Waals surface area contributed by atoms with E-state index in [9.17, 15) is 0 Å². The van der Waals surface area contributed by atoms with Crippen LogP contribution < -0.4 is 20.5 Å². The maximum Gasteiger partial charge on any atom is 0.318 e. The zero-order valence-electron chi connectivity index (χ0n) is 16.5. The van der Waals surface area contributed by atoms with Gasteiger partial charge in [-0.05, 0) is 29.8 Å². The molecule has 0 saturated carbocycles. The van der Waals surface area contributed by atoms with E-state index in [4.69, 9.17) is 15.2 Å². The lowest BCUT2D eigenvalue weighted by atomic mass is 10.0. The predicted octanol–water partition coefficient (Wildman–Crippen LogP) is 3.30. The summed E-state index contributed by atoms with van der Waals surface area (Å²) in [4.78, 5) is 16.9. The number of nitrogens with one attached hydrogen (secondary N) is 1. The highest BCUT2D eigenvalue weighted by Gasteiger charge is 2.18. The fourth-order valence-electron chi connectivity index (χ4n) is 2.66. The molecule has 29 heavy (non-hydrogen) atoms. The third kappa shape index (κ3) is 4.67. The van der Waals surface area contributed by atoms with Crippen molar-refractivity contribution in [2.45, 2.75) is 0 Å². The van der Waals surface area contributed by atoms with E-state index >= 15 is 0 Å². The van der Waals surface area contributed by atoms with Crippen LogP contribution in [0.1, 0.15) is 5.56 Å². The number of pyridine rings is 1. The Morgan fingerprint density at radius 1 is 1.10 bits per heavy atom. The summed E-state index contributed by atoms with van der Waals surface area (Å²) in [7, 11) is 4.78. The molecule has 148 valence electrons. The van der Waals surface area contributed by atoms with Crippen molar-refractivity contribution in [1.29, 1.82) is 0 Å². The van der Waals surface area contributed by atoms with Crippen LogP contribution in [0.15, 0.2) is 59.9 Å². The zero-order chi connectivity index (χ0) is 20.6. The summed E-state index contributed by atoms with van der Waals surface area (Å²) in [6.07, 6.45) is 6.76. The number of benzene rings is 1. The number of hydrogen-bond acceptors (Lipinski definition) is 8. The number of aromatic nitrogens is 3. The molecule has 8 heteroatoms. The molecule has 3 rings (SSSR count). The van der Waals surface area contributed by atoms with E-state index in [1.54, 1.807) is 38.8 Å². The molecular formula is C21H22N6O2. The van der Waals surface area contributed by atoms with Crippen molar-refractivity contribution in [2.75, 3.05) is 26.6 Å². The molecule has 3 N–H and O–H groups in total. The Morgan fingerprint density at radius 3 is 2.59 bits per heavy atom. The number of aliphatic imine (C=N–C) groups is 1. The van der Waals surface area contributed by atoms with Crippen LogP contribution in [0, 0.1) is 0 Å². The minimum atomic E-state index is 0.212. The number of anilines is 2. The summed E-state index contributed by atoms with van der Waals surface area (Å²) in [6, 6.07) is 11.5. The average Bonchev–Trinajstić information content (AvgIpc) is 2.77. The van der Waals surface area contributed by atoms with Crippen molar-refractivity contribution in [3.8, 4) is 23.0 Å². The van der Waals surface area contributed by atoms with Gasteiger partial charge in [0.15, 0.2) is 11.6 Å². The molecule has 0 saturated heterocycles. The highest BCUT2D eigenvalue weighted by Crippen LogP contribution is 2.37. The van der Waals surface area contributed by atoms with E-state index in [0.717, 1.165) is 16.8 Å². The van der Waals surface area contributed by atoms with Crippen molar-refractivity contribution in [3.05, 3.63) is 60.4 Å². The number of rotatable bonds is 7. The molecule has 3 aromatic rings. The Morgan fingerprint density at radius 2 is 1.90 bits per heavy atom. The molecule has 2 heterocycles. The minimum Gasteiger partial charge on any atom is -0.491 e. The Hall–Kier alpha value is -3.94. The van der Waals surface area contributed by atoms with Gasteiger partial charge in [0.05, 0.1) is 14.2 Å². The maximum atomic E-state index is 6.15. The number of nitrogens with two attached hydrogens (primary N) is 1. The van der Waals surface area contributed by atoms with Crippen molar-refractivity contribution in [2.24, 2.45) is 10.7 Å². The molecule has 0 radical (unpaired) electrons. The van der Waals surface area contributed by atoms with Crippen molar-refractivity contribution in [3.63, 3.8) is 0 Å². The second-order valence-corrected chi connectivity index (χ2v) is 5.91. The lowest BCUT2D eigenvalue weighted by Crippen LogP contribution is -2.04. The average molecular weight is 390 g/mol. The topological polar surface area (TPSA) is 108 Å². The number of nitrogens with zero attached hydrogens (tertiary/aromatic N) is 4. The first kappa shape index (κ1) is 19.8. The predicted molar refractivity (Wildman–Crippen MR) is 115 cm³/mol. The molecule has 0 atom stereocenters. The van der Waals surface area contributed by atoms with Crippen LogP contribution in [0.2, 0.25) is 0 Å². The first-order valence-electron chi connectivity index (χ1n) is 8.82. The second-order valence-electron chi connectivity index (χ2n) is 5.91. The third-order valence-electron chi connectivity index (χ3n) is 4.05. The SMILES string of the molecule is CN=CC=C(N)c1cccc(-c2nc(OC)nc(Nc3ccncc3)c2OC)c1. The largest absolute Gasteiger partial charge is 0.491 e. The summed E-state index contributed by atoms with van der Waals surface area (Å²) >= 11 is 0. The number of ether oxygens (including phenoxy) is 2. The van der Waals surface area contributed by atoms with Crippen LogP contribution in [0.5, 0.6) is 11.8 Å². The quantitative estimate of drug-likeness (QED) is 0.596. The second kappa shape index (κ2) is 9.32. The van der Waals surface area contributed by atoms with Crippen LogP contribution in [0.4, 0.5) is 11.5 Å². The lowest BCUT2D eigenvalue weighted by molar-refractivity contribution is 0.373. The fourth-order valence-corrected chi connectivity index (χ4v) is 2.66. The molecule has 0 aliphatic heterocycles. The van der Waals surface area contributed by atoms with Gasteiger partial charge < -0.3 is 20.5 Å². The lowest BCUT2D eigenvalue weighted by Gasteiger charge is -2.15. The van der Waals surface area contributed by atoms with Gasteiger partial charge in [-0.15, -0.1) is 0 Å². The summed E-state index contributed by atoms with van der Waals surface area (Å²) in [6.45, 7) is 0. The molecule has 0 fully saturated rings. The van der Waals surface area contributed by atoms with E-state index in [1.807, 2.05) is 36.4 Å². The van der Waals surface area contributed by atoms with Crippen LogP contribution in [-0.4, -0.2) is 42.4 Å². The highest BCUT2D eigenvalue weighted by molar-refractivity contribution is 5.85. The molecule has 0 bridgehead atoms. The summed E-state index contributed by atoms with van der Waals surface area (Å²) in [5.74, 6) is 0.963. The number of methoxy groups -OCH3 is 2. The van der Waals surface area contributed by atoms with Crippen molar-refractivity contribution < 1.29 is 9.47 Å². The van der Waals surface area contributed by atoms with Crippen LogP contribution >= 0.6 is 0 Å². The Balaban J connectivity index is 2.10. The fraction of sp³-hybridized carbons (Fsp3) is 0.143. The van der Waals surface area contributed by atoms with Crippen molar-refractivity contribution in [1.82, 2.24) is 15.0 Å². The van der Waals surface area contributed by atoms with Crippen LogP contribution in [0.3, 0.4) is 0 Å².